The van der Waals surface area contributed by atoms with E-state index in [1.54, 1.807) is 11.9 Å². The zero-order valence-electron chi connectivity index (χ0n) is 13.1. The maximum absolute atomic E-state index is 11.7. The van der Waals surface area contributed by atoms with E-state index < -0.39 is 16.4 Å². The molecule has 1 amide bonds. The van der Waals surface area contributed by atoms with Gasteiger partial charge in [0, 0.05) is 41.9 Å². The summed E-state index contributed by atoms with van der Waals surface area (Å²) in [5.74, 6) is 1.63. The molecule has 1 saturated heterocycles. The third-order valence-corrected chi connectivity index (χ3v) is 4.58. The molecule has 0 atom stereocenters. The second-order valence-electron chi connectivity index (χ2n) is 6.33. The Morgan fingerprint density at radius 2 is 1.95 bits per heavy atom. The second kappa shape index (κ2) is 7.98. The van der Waals surface area contributed by atoms with Crippen LogP contribution >= 0.6 is 0 Å². The van der Waals surface area contributed by atoms with Crippen LogP contribution in [0.4, 0.5) is 4.79 Å². The highest BCUT2D eigenvalue weighted by Gasteiger charge is 2.20. The molecule has 1 heterocycles. The number of nitrogens with zero attached hydrogens (tertiary/aromatic N) is 1. The van der Waals surface area contributed by atoms with Crippen LogP contribution in [0.1, 0.15) is 40.0 Å². The molecule has 0 unspecified atom stereocenters. The largest absolute Gasteiger partial charge is 0.444 e. The highest BCUT2D eigenvalue weighted by atomic mass is 32.2. The Bertz CT molecular complexity index is 332. The molecule has 0 aliphatic carbocycles. The van der Waals surface area contributed by atoms with Gasteiger partial charge in [0.15, 0.2) is 0 Å². The molecule has 0 saturated carbocycles. The van der Waals surface area contributed by atoms with Crippen molar-refractivity contribution in [2.45, 2.75) is 51.7 Å². The Kier molecular flexibility index (Phi) is 6.95. The molecule has 1 aliphatic rings. The standard InChI is InChI=1S/C14H28N2O3S/c1-14(2,3)19-13(17)16(4)9-5-8-15-12-6-10-20(18)11-7-12/h12,15H,5-11H2,1-4H3. The van der Waals surface area contributed by atoms with Gasteiger partial charge in [-0.3, -0.25) is 4.21 Å². The molecule has 0 spiro atoms. The smallest absolute Gasteiger partial charge is 0.410 e. The first kappa shape index (κ1) is 17.4. The highest BCUT2D eigenvalue weighted by molar-refractivity contribution is 7.85. The van der Waals surface area contributed by atoms with Crippen molar-refractivity contribution in [2.24, 2.45) is 0 Å². The molecule has 20 heavy (non-hydrogen) atoms. The van der Waals surface area contributed by atoms with Crippen molar-refractivity contribution in [3.8, 4) is 0 Å². The summed E-state index contributed by atoms with van der Waals surface area (Å²) in [6, 6.07) is 0.486. The SMILES string of the molecule is CN(CCCNC1CCS(=O)CC1)C(=O)OC(C)(C)C. The predicted octanol–water partition coefficient (Wildman–Crippen LogP) is 1.74. The maximum Gasteiger partial charge on any atom is 0.410 e. The summed E-state index contributed by atoms with van der Waals surface area (Å²) in [6.45, 7) is 7.17. The van der Waals surface area contributed by atoms with Crippen molar-refractivity contribution in [3.63, 3.8) is 0 Å². The van der Waals surface area contributed by atoms with Gasteiger partial charge in [-0.25, -0.2) is 4.79 Å². The van der Waals surface area contributed by atoms with Crippen molar-refractivity contribution in [1.82, 2.24) is 10.2 Å². The van der Waals surface area contributed by atoms with Crippen molar-refractivity contribution in [2.75, 3.05) is 31.6 Å². The molecule has 0 aromatic carbocycles. The number of ether oxygens (including phenoxy) is 1. The van der Waals surface area contributed by atoms with Crippen molar-refractivity contribution in [1.29, 1.82) is 0 Å². The number of rotatable bonds is 5. The Morgan fingerprint density at radius 3 is 2.50 bits per heavy atom. The van der Waals surface area contributed by atoms with E-state index in [1.165, 1.54) is 0 Å². The van der Waals surface area contributed by atoms with Crippen LogP contribution in [0.25, 0.3) is 0 Å². The molecule has 1 rings (SSSR count). The lowest BCUT2D eigenvalue weighted by Crippen LogP contribution is -2.38. The molecule has 118 valence electrons. The average Bonchev–Trinajstić information content (AvgIpc) is 2.34. The molecule has 1 fully saturated rings. The number of carbonyl (C=O) groups excluding carboxylic acids is 1. The minimum Gasteiger partial charge on any atom is -0.444 e. The van der Waals surface area contributed by atoms with Gasteiger partial charge in [0.25, 0.3) is 0 Å². The van der Waals surface area contributed by atoms with Gasteiger partial charge in [0.1, 0.15) is 5.60 Å². The van der Waals surface area contributed by atoms with Crippen LogP contribution < -0.4 is 5.32 Å². The van der Waals surface area contributed by atoms with Crippen LogP contribution in [0, 0.1) is 0 Å². The Labute approximate surface area is 124 Å². The van der Waals surface area contributed by atoms with E-state index in [4.69, 9.17) is 4.74 Å². The van der Waals surface area contributed by atoms with E-state index in [0.717, 1.165) is 37.3 Å². The molecule has 5 nitrogen and oxygen atoms in total. The lowest BCUT2D eigenvalue weighted by Gasteiger charge is -2.25. The zero-order valence-corrected chi connectivity index (χ0v) is 13.9. The molecule has 1 aliphatic heterocycles. The van der Waals surface area contributed by atoms with Crippen molar-refractivity contribution in [3.05, 3.63) is 0 Å². The molecule has 6 heteroatoms. The van der Waals surface area contributed by atoms with E-state index in [-0.39, 0.29) is 6.09 Å². The number of hydrogen-bond acceptors (Lipinski definition) is 4. The third kappa shape index (κ3) is 7.24. The van der Waals surface area contributed by atoms with Gasteiger partial charge in [-0.1, -0.05) is 0 Å². The highest BCUT2D eigenvalue weighted by Crippen LogP contribution is 2.10. The fourth-order valence-corrected chi connectivity index (χ4v) is 3.35. The summed E-state index contributed by atoms with van der Waals surface area (Å²) in [5.41, 5.74) is -0.443. The Hall–Kier alpha value is -0.620. The summed E-state index contributed by atoms with van der Waals surface area (Å²) in [6.07, 6.45) is 2.61. The van der Waals surface area contributed by atoms with E-state index in [9.17, 15) is 9.00 Å². The van der Waals surface area contributed by atoms with Crippen LogP contribution in [-0.4, -0.2) is 58.5 Å². The molecule has 0 radical (unpaired) electrons. The lowest BCUT2D eigenvalue weighted by molar-refractivity contribution is 0.0297. The molecular formula is C14H28N2O3S. The predicted molar refractivity (Wildman–Crippen MR) is 82.4 cm³/mol. The van der Waals surface area contributed by atoms with Gasteiger partial charge in [-0.05, 0) is 46.6 Å². The summed E-state index contributed by atoms with van der Waals surface area (Å²) in [4.78, 5) is 13.4. The quantitative estimate of drug-likeness (QED) is 0.786. The molecular weight excluding hydrogens is 276 g/mol. The Morgan fingerprint density at radius 1 is 1.35 bits per heavy atom. The van der Waals surface area contributed by atoms with E-state index in [1.807, 2.05) is 20.8 Å². The minimum atomic E-state index is -0.601. The minimum absolute atomic E-state index is 0.273. The molecule has 1 N–H and O–H groups in total. The number of hydrogen-bond donors (Lipinski definition) is 1. The first-order valence-corrected chi connectivity index (χ1v) is 8.79. The monoisotopic (exact) mass is 304 g/mol. The van der Waals surface area contributed by atoms with E-state index in [0.29, 0.717) is 12.6 Å². The van der Waals surface area contributed by atoms with E-state index >= 15 is 0 Å². The van der Waals surface area contributed by atoms with Gasteiger partial charge >= 0.3 is 6.09 Å². The van der Waals surface area contributed by atoms with Crippen LogP contribution in [0.15, 0.2) is 0 Å². The Balaban J connectivity index is 2.11. The fourth-order valence-electron chi connectivity index (χ4n) is 2.05. The molecule has 0 bridgehead atoms. The van der Waals surface area contributed by atoms with Crippen LogP contribution in [0.3, 0.4) is 0 Å². The molecule has 0 aromatic heterocycles. The average molecular weight is 304 g/mol. The van der Waals surface area contributed by atoms with Gasteiger partial charge in [0.2, 0.25) is 0 Å². The summed E-state index contributed by atoms with van der Waals surface area (Å²) in [7, 11) is 1.16. The first-order valence-electron chi connectivity index (χ1n) is 7.30. The van der Waals surface area contributed by atoms with Gasteiger partial charge in [0.05, 0.1) is 0 Å². The zero-order chi connectivity index (χ0) is 15.2. The fraction of sp³-hybridized carbons (Fsp3) is 0.929. The van der Waals surface area contributed by atoms with Crippen LogP contribution in [0.2, 0.25) is 0 Å². The lowest BCUT2D eigenvalue weighted by atomic mass is 10.1. The molecule has 0 aromatic rings. The second-order valence-corrected chi connectivity index (χ2v) is 8.03. The maximum atomic E-state index is 11.7. The van der Waals surface area contributed by atoms with Crippen molar-refractivity contribution >= 4 is 16.9 Å². The van der Waals surface area contributed by atoms with Gasteiger partial charge in [-0.2, -0.15) is 0 Å². The number of carbonyl (C=O) groups is 1. The normalized spacial score (nSPS) is 23.4. The van der Waals surface area contributed by atoms with Crippen LogP contribution in [0.5, 0.6) is 0 Å². The van der Waals surface area contributed by atoms with Crippen molar-refractivity contribution < 1.29 is 13.7 Å². The third-order valence-electron chi connectivity index (χ3n) is 3.20. The van der Waals surface area contributed by atoms with Gasteiger partial charge < -0.3 is 15.0 Å². The summed E-state index contributed by atoms with van der Waals surface area (Å²) in [5, 5.41) is 3.47. The van der Waals surface area contributed by atoms with E-state index in [2.05, 4.69) is 5.32 Å². The first-order chi connectivity index (χ1) is 9.28. The van der Waals surface area contributed by atoms with Crippen LogP contribution in [-0.2, 0) is 15.5 Å². The number of amides is 1. The summed E-state index contributed by atoms with van der Waals surface area (Å²) < 4.78 is 16.5. The topological polar surface area (TPSA) is 58.6 Å². The summed E-state index contributed by atoms with van der Waals surface area (Å²) >= 11 is 0. The van der Waals surface area contributed by atoms with Gasteiger partial charge in [-0.15, -0.1) is 0 Å². The number of nitrogens with one attached hydrogen (secondary N) is 1.